The maximum atomic E-state index is 13.5. The topological polar surface area (TPSA) is 67.3 Å². The van der Waals surface area contributed by atoms with Gasteiger partial charge >= 0.3 is 0 Å². The van der Waals surface area contributed by atoms with E-state index in [1.165, 1.54) is 19.2 Å². The lowest BCUT2D eigenvalue weighted by molar-refractivity contribution is 0.374. The van der Waals surface area contributed by atoms with E-state index in [1.54, 1.807) is 30.3 Å². The number of benzene rings is 3. The minimum atomic E-state index is -0.343. The van der Waals surface area contributed by atoms with Crippen molar-refractivity contribution in [3.05, 3.63) is 72.5 Å². The first-order chi connectivity index (χ1) is 13.2. The molecular weight excluding hydrogens is 345 g/mol. The van der Waals surface area contributed by atoms with Crippen molar-refractivity contribution in [2.45, 2.75) is 0 Å². The summed E-state index contributed by atoms with van der Waals surface area (Å²) in [6.45, 7) is 0. The third-order valence-corrected chi connectivity index (χ3v) is 4.15. The van der Waals surface area contributed by atoms with Gasteiger partial charge in [-0.2, -0.15) is 0 Å². The summed E-state index contributed by atoms with van der Waals surface area (Å²) < 4.78 is 18.7. The number of phenolic OH excluding ortho intramolecular Hbond substituents is 1. The maximum absolute atomic E-state index is 13.5. The molecule has 27 heavy (non-hydrogen) atoms. The average Bonchev–Trinajstić information content (AvgIpc) is 2.68. The zero-order chi connectivity index (χ0) is 18.8. The number of hydrogen-bond acceptors (Lipinski definition) is 5. The van der Waals surface area contributed by atoms with Crippen molar-refractivity contribution < 1.29 is 14.2 Å². The molecule has 0 spiro atoms. The number of hydrogen-bond donors (Lipinski definition) is 2. The molecule has 0 radical (unpaired) electrons. The molecule has 134 valence electrons. The van der Waals surface area contributed by atoms with Crippen LogP contribution in [-0.4, -0.2) is 22.2 Å². The second-order valence-electron chi connectivity index (χ2n) is 5.90. The van der Waals surface area contributed by atoms with Gasteiger partial charge in [0.2, 0.25) is 0 Å². The first-order valence-electron chi connectivity index (χ1n) is 8.31. The number of aromatic nitrogens is 2. The molecule has 1 heterocycles. The normalized spacial score (nSPS) is 10.7. The monoisotopic (exact) mass is 361 g/mol. The SMILES string of the molecule is COc1cccc(-c2nc(Nc3cccc(F)c3)c3ccccc3n2)c1O. The van der Waals surface area contributed by atoms with Crippen molar-refractivity contribution >= 4 is 22.4 Å². The first-order valence-corrected chi connectivity index (χ1v) is 8.31. The van der Waals surface area contributed by atoms with E-state index in [2.05, 4.69) is 15.3 Å². The van der Waals surface area contributed by atoms with E-state index in [9.17, 15) is 9.50 Å². The predicted molar refractivity (Wildman–Crippen MR) is 103 cm³/mol. The smallest absolute Gasteiger partial charge is 0.168 e. The summed E-state index contributed by atoms with van der Waals surface area (Å²) in [5.41, 5.74) is 1.71. The number of halogens is 1. The quantitative estimate of drug-likeness (QED) is 0.541. The number of phenols is 1. The van der Waals surface area contributed by atoms with Crippen molar-refractivity contribution in [2.24, 2.45) is 0 Å². The highest BCUT2D eigenvalue weighted by molar-refractivity contribution is 5.92. The van der Waals surface area contributed by atoms with Gasteiger partial charge in [-0.15, -0.1) is 0 Å². The van der Waals surface area contributed by atoms with E-state index < -0.39 is 0 Å². The molecule has 0 aliphatic heterocycles. The van der Waals surface area contributed by atoms with Crippen LogP contribution < -0.4 is 10.1 Å². The van der Waals surface area contributed by atoms with Crippen molar-refractivity contribution in [3.8, 4) is 22.9 Å². The van der Waals surface area contributed by atoms with Crippen LogP contribution in [0.4, 0.5) is 15.9 Å². The first kappa shape index (κ1) is 16.8. The molecule has 4 rings (SSSR count). The van der Waals surface area contributed by atoms with Crippen molar-refractivity contribution in [1.82, 2.24) is 9.97 Å². The highest BCUT2D eigenvalue weighted by Crippen LogP contribution is 2.37. The highest BCUT2D eigenvalue weighted by Gasteiger charge is 2.15. The fourth-order valence-electron chi connectivity index (χ4n) is 2.86. The minimum absolute atomic E-state index is 0.0352. The lowest BCUT2D eigenvalue weighted by Crippen LogP contribution is -2.00. The number of nitrogens with zero attached hydrogens (tertiary/aromatic N) is 2. The van der Waals surface area contributed by atoms with E-state index in [-0.39, 0.29) is 11.6 Å². The lowest BCUT2D eigenvalue weighted by atomic mass is 10.1. The average molecular weight is 361 g/mol. The summed E-state index contributed by atoms with van der Waals surface area (Å²) in [6.07, 6.45) is 0. The van der Waals surface area contributed by atoms with E-state index >= 15 is 0 Å². The molecule has 0 bridgehead atoms. The van der Waals surface area contributed by atoms with Crippen molar-refractivity contribution in [1.29, 1.82) is 0 Å². The number of para-hydroxylation sites is 2. The van der Waals surface area contributed by atoms with Gasteiger partial charge in [0.15, 0.2) is 17.3 Å². The molecular formula is C21H16FN3O2. The number of methoxy groups -OCH3 is 1. The van der Waals surface area contributed by atoms with E-state index in [4.69, 9.17) is 4.74 Å². The highest BCUT2D eigenvalue weighted by atomic mass is 19.1. The summed E-state index contributed by atoms with van der Waals surface area (Å²) in [6, 6.07) is 18.8. The maximum Gasteiger partial charge on any atom is 0.168 e. The van der Waals surface area contributed by atoms with E-state index in [0.717, 1.165) is 5.39 Å². The van der Waals surface area contributed by atoms with Gasteiger partial charge < -0.3 is 15.2 Å². The molecule has 4 aromatic rings. The fraction of sp³-hybridized carbons (Fsp3) is 0.0476. The number of fused-ring (bicyclic) bond motifs is 1. The molecule has 6 heteroatoms. The largest absolute Gasteiger partial charge is 0.504 e. The molecule has 0 saturated heterocycles. The fourth-order valence-corrected chi connectivity index (χ4v) is 2.86. The van der Waals surface area contributed by atoms with Crippen LogP contribution in [0.15, 0.2) is 66.7 Å². The summed E-state index contributed by atoms with van der Waals surface area (Å²) in [4.78, 5) is 9.13. The van der Waals surface area contributed by atoms with Crippen LogP contribution in [0.3, 0.4) is 0 Å². The summed E-state index contributed by atoms with van der Waals surface area (Å²) in [5.74, 6) is 0.812. The van der Waals surface area contributed by atoms with Gasteiger partial charge in [0, 0.05) is 11.1 Å². The van der Waals surface area contributed by atoms with Gasteiger partial charge in [0.05, 0.1) is 18.2 Å². The zero-order valence-corrected chi connectivity index (χ0v) is 14.5. The van der Waals surface area contributed by atoms with Gasteiger partial charge in [0.1, 0.15) is 11.6 Å². The molecule has 1 aromatic heterocycles. The van der Waals surface area contributed by atoms with Crippen LogP contribution >= 0.6 is 0 Å². The second kappa shape index (κ2) is 6.92. The molecule has 2 N–H and O–H groups in total. The Bertz CT molecular complexity index is 1130. The number of aromatic hydroxyl groups is 1. The molecule has 0 amide bonds. The molecule has 0 atom stereocenters. The summed E-state index contributed by atoms with van der Waals surface area (Å²) in [5, 5.41) is 14.4. The number of anilines is 2. The Labute approximate surface area is 155 Å². The molecule has 0 aliphatic carbocycles. The third kappa shape index (κ3) is 3.25. The van der Waals surface area contributed by atoms with Crippen LogP contribution in [0.1, 0.15) is 0 Å². The molecule has 5 nitrogen and oxygen atoms in total. The standard InChI is InChI=1S/C21H16FN3O2/c1-27-18-11-5-9-16(19(18)26)21-24-17-10-3-2-8-15(17)20(25-21)23-14-7-4-6-13(22)12-14/h2-12,26H,1H3,(H,23,24,25). The predicted octanol–water partition coefficient (Wildman–Crippen LogP) is 4.89. The second-order valence-corrected chi connectivity index (χ2v) is 5.90. The molecule has 0 saturated carbocycles. The van der Waals surface area contributed by atoms with Gasteiger partial charge in [-0.3, -0.25) is 0 Å². The van der Waals surface area contributed by atoms with Crippen LogP contribution in [0, 0.1) is 5.82 Å². The number of ether oxygens (including phenoxy) is 1. The van der Waals surface area contributed by atoms with Crippen molar-refractivity contribution in [3.63, 3.8) is 0 Å². The Morgan fingerprint density at radius 1 is 0.963 bits per heavy atom. The molecule has 0 unspecified atom stereocenters. The van der Waals surface area contributed by atoms with Gasteiger partial charge in [-0.05, 0) is 42.5 Å². The van der Waals surface area contributed by atoms with E-state index in [0.29, 0.717) is 34.2 Å². The Morgan fingerprint density at radius 2 is 1.78 bits per heavy atom. The lowest BCUT2D eigenvalue weighted by Gasteiger charge is -2.12. The van der Waals surface area contributed by atoms with Crippen LogP contribution in [-0.2, 0) is 0 Å². The van der Waals surface area contributed by atoms with Gasteiger partial charge in [-0.1, -0.05) is 24.3 Å². The van der Waals surface area contributed by atoms with Crippen LogP contribution in [0.25, 0.3) is 22.3 Å². The molecule has 3 aromatic carbocycles. The number of nitrogens with one attached hydrogen (secondary N) is 1. The Balaban J connectivity index is 1.89. The Kier molecular flexibility index (Phi) is 4.30. The number of rotatable bonds is 4. The Hall–Kier alpha value is -3.67. The Morgan fingerprint density at radius 3 is 2.59 bits per heavy atom. The molecule has 0 fully saturated rings. The molecule has 0 aliphatic rings. The minimum Gasteiger partial charge on any atom is -0.504 e. The van der Waals surface area contributed by atoms with Gasteiger partial charge in [-0.25, -0.2) is 14.4 Å². The zero-order valence-electron chi connectivity index (χ0n) is 14.5. The van der Waals surface area contributed by atoms with Crippen molar-refractivity contribution in [2.75, 3.05) is 12.4 Å². The van der Waals surface area contributed by atoms with Crippen LogP contribution in [0.5, 0.6) is 11.5 Å². The van der Waals surface area contributed by atoms with Crippen LogP contribution in [0.2, 0.25) is 0 Å². The van der Waals surface area contributed by atoms with E-state index in [1.807, 2.05) is 24.3 Å². The summed E-state index contributed by atoms with van der Waals surface area (Å²) >= 11 is 0. The third-order valence-electron chi connectivity index (χ3n) is 4.15. The van der Waals surface area contributed by atoms with Gasteiger partial charge in [0.25, 0.3) is 0 Å². The summed E-state index contributed by atoms with van der Waals surface area (Å²) in [7, 11) is 1.48.